The van der Waals surface area contributed by atoms with Crippen LogP contribution in [0.4, 0.5) is 11.5 Å². The van der Waals surface area contributed by atoms with Gasteiger partial charge in [-0.1, -0.05) is 6.07 Å². The van der Waals surface area contributed by atoms with Gasteiger partial charge in [-0.3, -0.25) is 10.1 Å². The maximum absolute atomic E-state index is 10.5. The van der Waals surface area contributed by atoms with Gasteiger partial charge in [-0.05, 0) is 23.8 Å². The van der Waals surface area contributed by atoms with Crippen LogP contribution in [-0.2, 0) is 5.75 Å². The number of hydrogen-bond donors (Lipinski definition) is 1. The number of nitrogen functional groups attached to an aromatic ring is 1. The minimum atomic E-state index is -0.404. The summed E-state index contributed by atoms with van der Waals surface area (Å²) in [5, 5.41) is 10.5. The molecule has 1 heterocycles. The average molecular weight is 261 g/mol. The van der Waals surface area contributed by atoms with Crippen LogP contribution in [0.15, 0.2) is 47.5 Å². The smallest absolute Gasteiger partial charge is 0.269 e. The van der Waals surface area contributed by atoms with Gasteiger partial charge in [-0.25, -0.2) is 4.98 Å². The van der Waals surface area contributed by atoms with E-state index in [2.05, 4.69) is 4.98 Å². The van der Waals surface area contributed by atoms with E-state index in [-0.39, 0.29) is 5.69 Å². The fourth-order valence-electron chi connectivity index (χ4n) is 1.35. The Morgan fingerprint density at radius 2 is 1.94 bits per heavy atom. The van der Waals surface area contributed by atoms with Gasteiger partial charge in [-0.15, -0.1) is 11.8 Å². The van der Waals surface area contributed by atoms with E-state index in [1.54, 1.807) is 36.2 Å². The summed E-state index contributed by atoms with van der Waals surface area (Å²) in [4.78, 5) is 15.1. The maximum atomic E-state index is 10.5. The van der Waals surface area contributed by atoms with E-state index < -0.39 is 4.92 Å². The molecule has 2 aromatic rings. The van der Waals surface area contributed by atoms with Crippen LogP contribution in [-0.4, -0.2) is 9.91 Å². The molecule has 0 saturated carbocycles. The summed E-state index contributed by atoms with van der Waals surface area (Å²) in [6.07, 6.45) is 1.73. The third kappa shape index (κ3) is 3.21. The van der Waals surface area contributed by atoms with Crippen LogP contribution in [0.5, 0.6) is 0 Å². The van der Waals surface area contributed by atoms with Crippen molar-refractivity contribution in [2.45, 2.75) is 10.6 Å². The topological polar surface area (TPSA) is 82.0 Å². The summed E-state index contributed by atoms with van der Waals surface area (Å²) >= 11 is 1.60. The van der Waals surface area contributed by atoms with E-state index in [1.807, 2.05) is 6.07 Å². The van der Waals surface area contributed by atoms with E-state index >= 15 is 0 Å². The van der Waals surface area contributed by atoms with E-state index in [0.29, 0.717) is 5.82 Å². The fourth-order valence-corrected chi connectivity index (χ4v) is 2.18. The van der Waals surface area contributed by atoms with E-state index in [1.165, 1.54) is 12.1 Å². The second kappa shape index (κ2) is 5.50. The van der Waals surface area contributed by atoms with Gasteiger partial charge in [0.25, 0.3) is 5.69 Å². The molecule has 0 radical (unpaired) electrons. The van der Waals surface area contributed by atoms with Gasteiger partial charge in [0.15, 0.2) is 0 Å². The van der Waals surface area contributed by atoms with E-state index in [4.69, 9.17) is 5.73 Å². The number of nitro benzene ring substituents is 1. The summed E-state index contributed by atoms with van der Waals surface area (Å²) in [5.74, 6) is 1.25. The molecule has 6 heteroatoms. The van der Waals surface area contributed by atoms with Gasteiger partial charge in [0.05, 0.1) is 4.92 Å². The number of nitro groups is 1. The lowest BCUT2D eigenvalue weighted by Gasteiger charge is -2.02. The first-order chi connectivity index (χ1) is 8.65. The van der Waals surface area contributed by atoms with E-state index in [9.17, 15) is 10.1 Å². The molecule has 0 bridgehead atoms. The molecule has 18 heavy (non-hydrogen) atoms. The van der Waals surface area contributed by atoms with Gasteiger partial charge in [0.2, 0.25) is 0 Å². The Hall–Kier alpha value is -2.08. The molecule has 0 aliphatic rings. The summed E-state index contributed by atoms with van der Waals surface area (Å²) in [6.45, 7) is 0. The van der Waals surface area contributed by atoms with Crippen molar-refractivity contribution in [1.82, 2.24) is 4.98 Å². The highest BCUT2D eigenvalue weighted by Crippen LogP contribution is 2.24. The molecule has 0 amide bonds. The Morgan fingerprint density at radius 3 is 2.50 bits per heavy atom. The molecule has 0 spiro atoms. The number of nitrogens with two attached hydrogens (primary N) is 1. The number of pyridine rings is 1. The standard InChI is InChI=1S/C12H11N3O2S/c13-12-6-1-9(7-14-12)8-18-11-4-2-10(3-5-11)15(16)17/h1-7H,8H2,(H2,13,14). The first-order valence-corrected chi connectivity index (χ1v) is 6.21. The lowest BCUT2D eigenvalue weighted by Crippen LogP contribution is -1.90. The summed E-state index contributed by atoms with van der Waals surface area (Å²) in [6, 6.07) is 10.2. The third-order valence-electron chi connectivity index (χ3n) is 2.30. The summed E-state index contributed by atoms with van der Waals surface area (Å²) in [5.41, 5.74) is 6.66. The first-order valence-electron chi connectivity index (χ1n) is 5.23. The van der Waals surface area contributed by atoms with Crippen LogP contribution in [0.2, 0.25) is 0 Å². The fraction of sp³-hybridized carbons (Fsp3) is 0.0833. The monoisotopic (exact) mass is 261 g/mol. The molecule has 92 valence electrons. The second-order valence-electron chi connectivity index (χ2n) is 3.63. The highest BCUT2D eigenvalue weighted by atomic mass is 32.2. The van der Waals surface area contributed by atoms with Crippen LogP contribution in [0.25, 0.3) is 0 Å². The number of hydrogen-bond acceptors (Lipinski definition) is 5. The molecule has 0 saturated heterocycles. The predicted octanol–water partition coefficient (Wildman–Crippen LogP) is 2.86. The number of thioether (sulfide) groups is 1. The molecule has 1 aromatic carbocycles. The third-order valence-corrected chi connectivity index (χ3v) is 3.38. The van der Waals surface area contributed by atoms with Crippen LogP contribution < -0.4 is 5.73 Å². The number of anilines is 1. The molecular formula is C12H11N3O2S. The summed E-state index contributed by atoms with van der Waals surface area (Å²) < 4.78 is 0. The van der Waals surface area contributed by atoms with Gasteiger partial charge < -0.3 is 5.73 Å². The van der Waals surface area contributed by atoms with Gasteiger partial charge >= 0.3 is 0 Å². The molecule has 0 fully saturated rings. The van der Waals surface area contributed by atoms with Crippen molar-refractivity contribution in [1.29, 1.82) is 0 Å². The van der Waals surface area contributed by atoms with Crippen LogP contribution in [0.3, 0.4) is 0 Å². The first kappa shape index (κ1) is 12.4. The number of rotatable bonds is 4. The van der Waals surface area contributed by atoms with Crippen molar-refractivity contribution >= 4 is 23.3 Å². The summed E-state index contributed by atoms with van der Waals surface area (Å²) in [7, 11) is 0. The van der Waals surface area contributed by atoms with Gasteiger partial charge in [0, 0.05) is 29.0 Å². The zero-order chi connectivity index (χ0) is 13.0. The zero-order valence-electron chi connectivity index (χ0n) is 9.45. The number of non-ortho nitro benzene ring substituents is 1. The molecular weight excluding hydrogens is 250 g/mol. The Bertz CT molecular complexity index is 540. The van der Waals surface area contributed by atoms with Crippen LogP contribution >= 0.6 is 11.8 Å². The van der Waals surface area contributed by atoms with Crippen molar-refractivity contribution in [2.75, 3.05) is 5.73 Å². The molecule has 0 unspecified atom stereocenters. The lowest BCUT2D eigenvalue weighted by atomic mass is 10.3. The molecule has 1 aromatic heterocycles. The van der Waals surface area contributed by atoms with Crippen molar-refractivity contribution in [3.63, 3.8) is 0 Å². The Kier molecular flexibility index (Phi) is 3.78. The van der Waals surface area contributed by atoms with Gasteiger partial charge in [-0.2, -0.15) is 0 Å². The van der Waals surface area contributed by atoms with Crippen molar-refractivity contribution in [3.05, 3.63) is 58.3 Å². The molecule has 0 atom stereocenters. The van der Waals surface area contributed by atoms with Crippen molar-refractivity contribution in [2.24, 2.45) is 0 Å². The SMILES string of the molecule is Nc1ccc(CSc2ccc([N+](=O)[O-])cc2)cn1. The average Bonchev–Trinajstić information content (AvgIpc) is 2.38. The molecule has 5 nitrogen and oxygen atoms in total. The molecule has 2 N–H and O–H groups in total. The Labute approximate surface area is 108 Å². The zero-order valence-corrected chi connectivity index (χ0v) is 10.3. The normalized spacial score (nSPS) is 10.2. The van der Waals surface area contributed by atoms with Crippen LogP contribution in [0, 0.1) is 10.1 Å². The minimum Gasteiger partial charge on any atom is -0.384 e. The number of nitrogens with zero attached hydrogens (tertiary/aromatic N) is 2. The maximum Gasteiger partial charge on any atom is 0.269 e. The van der Waals surface area contributed by atoms with Crippen molar-refractivity contribution in [3.8, 4) is 0 Å². The Balaban J connectivity index is 1.97. The molecule has 2 rings (SSSR count). The highest BCUT2D eigenvalue weighted by Gasteiger charge is 2.04. The predicted molar refractivity (Wildman–Crippen MR) is 71.3 cm³/mol. The van der Waals surface area contributed by atoms with E-state index in [0.717, 1.165) is 16.2 Å². The minimum absolute atomic E-state index is 0.105. The lowest BCUT2D eigenvalue weighted by molar-refractivity contribution is -0.384. The highest BCUT2D eigenvalue weighted by molar-refractivity contribution is 7.98. The largest absolute Gasteiger partial charge is 0.384 e. The van der Waals surface area contributed by atoms with Gasteiger partial charge in [0.1, 0.15) is 5.82 Å². The second-order valence-corrected chi connectivity index (χ2v) is 4.68. The Morgan fingerprint density at radius 1 is 1.22 bits per heavy atom. The van der Waals surface area contributed by atoms with Crippen LogP contribution in [0.1, 0.15) is 5.56 Å². The molecule has 0 aliphatic heterocycles. The molecule has 0 aliphatic carbocycles. The van der Waals surface area contributed by atoms with Crippen molar-refractivity contribution < 1.29 is 4.92 Å². The number of benzene rings is 1. The quantitative estimate of drug-likeness (QED) is 0.520. The number of aromatic nitrogens is 1.